The minimum Gasteiger partial charge on any atom is -0.480 e. The molecule has 1 aromatic carbocycles. The summed E-state index contributed by atoms with van der Waals surface area (Å²) in [5.74, 6) is -2.48. The molecular weight excluding hydrogens is 327 g/mol. The number of aliphatic carboxylic acids is 1. The normalized spacial score (nSPS) is 20.0. The minimum absolute atomic E-state index is 0.00428. The van der Waals surface area contributed by atoms with Crippen molar-refractivity contribution >= 4 is 23.5 Å². The minimum atomic E-state index is -1.28. The summed E-state index contributed by atoms with van der Waals surface area (Å²) in [4.78, 5) is 37.1. The Morgan fingerprint density at radius 3 is 2.60 bits per heavy atom. The summed E-state index contributed by atoms with van der Waals surface area (Å²) in [6.07, 6.45) is 1.21. The molecule has 25 heavy (non-hydrogen) atoms. The standard InChI is InChI=1S/C18H23FN2O4/c1-11(2)9-15(22)20-14-6-5-12(10-13(14)19)16(23)21-8-4-7-18(21,3)17(24)25/h5-6,10-11H,4,7-9H2,1-3H3,(H,20,22)(H,24,25). The second-order valence-electron chi connectivity index (χ2n) is 6.98. The van der Waals surface area contributed by atoms with Crippen LogP contribution in [0.25, 0.3) is 0 Å². The van der Waals surface area contributed by atoms with Crippen LogP contribution in [0.5, 0.6) is 0 Å². The molecule has 1 aliphatic heterocycles. The van der Waals surface area contributed by atoms with Crippen LogP contribution >= 0.6 is 0 Å². The van der Waals surface area contributed by atoms with E-state index in [1.165, 1.54) is 24.0 Å². The fourth-order valence-corrected chi connectivity index (χ4v) is 2.99. The molecule has 2 rings (SSSR count). The van der Waals surface area contributed by atoms with Crippen LogP contribution in [0.15, 0.2) is 18.2 Å². The van der Waals surface area contributed by atoms with E-state index in [-0.39, 0.29) is 29.5 Å². The molecule has 0 bridgehead atoms. The highest BCUT2D eigenvalue weighted by molar-refractivity contribution is 5.99. The number of amides is 2. The van der Waals surface area contributed by atoms with Gasteiger partial charge in [-0.2, -0.15) is 0 Å². The average molecular weight is 350 g/mol. The second kappa shape index (κ2) is 7.21. The predicted octanol–water partition coefficient (Wildman–Crippen LogP) is 2.89. The Kier molecular flexibility index (Phi) is 5.45. The van der Waals surface area contributed by atoms with E-state index in [0.717, 1.165) is 6.07 Å². The topological polar surface area (TPSA) is 86.7 Å². The number of carboxylic acids is 1. The molecule has 0 spiro atoms. The molecule has 6 nitrogen and oxygen atoms in total. The number of carboxylic acid groups (broad SMARTS) is 1. The van der Waals surface area contributed by atoms with Crippen LogP contribution in [0.1, 0.15) is 50.4 Å². The SMILES string of the molecule is CC(C)CC(=O)Nc1ccc(C(=O)N2CCCC2(C)C(=O)O)cc1F. The fraction of sp³-hybridized carbons (Fsp3) is 0.500. The van der Waals surface area contributed by atoms with Gasteiger partial charge in [-0.15, -0.1) is 0 Å². The second-order valence-corrected chi connectivity index (χ2v) is 6.98. The van der Waals surface area contributed by atoms with Crippen LogP contribution < -0.4 is 5.32 Å². The number of halogens is 1. The van der Waals surface area contributed by atoms with Crippen LogP contribution in [0, 0.1) is 11.7 Å². The number of anilines is 1. The number of nitrogens with one attached hydrogen (secondary N) is 1. The number of likely N-dealkylation sites (tertiary alicyclic amines) is 1. The summed E-state index contributed by atoms with van der Waals surface area (Å²) in [6, 6.07) is 3.76. The van der Waals surface area contributed by atoms with E-state index >= 15 is 0 Å². The lowest BCUT2D eigenvalue weighted by Crippen LogP contribution is -2.50. The molecule has 2 N–H and O–H groups in total. The molecule has 0 aliphatic carbocycles. The smallest absolute Gasteiger partial charge is 0.329 e. The summed E-state index contributed by atoms with van der Waals surface area (Å²) < 4.78 is 14.2. The lowest BCUT2D eigenvalue weighted by Gasteiger charge is -2.31. The Labute approximate surface area is 146 Å². The molecule has 2 amide bonds. The Balaban J connectivity index is 2.18. The summed E-state index contributed by atoms with van der Waals surface area (Å²) in [7, 11) is 0. The lowest BCUT2D eigenvalue weighted by atomic mass is 9.98. The first kappa shape index (κ1) is 18.9. The lowest BCUT2D eigenvalue weighted by molar-refractivity contribution is -0.147. The first-order chi connectivity index (χ1) is 11.6. The number of benzene rings is 1. The number of nitrogens with zero attached hydrogens (tertiary/aromatic N) is 1. The third-order valence-electron chi connectivity index (χ3n) is 4.43. The van der Waals surface area contributed by atoms with Gasteiger partial charge in [0.25, 0.3) is 5.91 Å². The molecule has 7 heteroatoms. The summed E-state index contributed by atoms with van der Waals surface area (Å²) in [5.41, 5.74) is -1.21. The van der Waals surface area contributed by atoms with Gasteiger partial charge in [0.2, 0.25) is 5.91 Å². The molecule has 0 saturated carbocycles. The van der Waals surface area contributed by atoms with Gasteiger partial charge in [0.1, 0.15) is 11.4 Å². The number of hydrogen-bond acceptors (Lipinski definition) is 3. The molecule has 1 aliphatic rings. The highest BCUT2D eigenvalue weighted by Crippen LogP contribution is 2.31. The van der Waals surface area contributed by atoms with E-state index in [1.807, 2.05) is 13.8 Å². The van der Waals surface area contributed by atoms with Crippen molar-refractivity contribution in [2.45, 2.75) is 45.6 Å². The molecular formula is C18H23FN2O4. The van der Waals surface area contributed by atoms with Crippen molar-refractivity contribution in [3.8, 4) is 0 Å². The van der Waals surface area contributed by atoms with Crippen molar-refractivity contribution in [3.63, 3.8) is 0 Å². The fourth-order valence-electron chi connectivity index (χ4n) is 2.99. The Morgan fingerprint density at radius 1 is 1.36 bits per heavy atom. The summed E-state index contributed by atoms with van der Waals surface area (Å²) in [5, 5.41) is 11.9. The zero-order chi connectivity index (χ0) is 18.8. The van der Waals surface area contributed by atoms with Crippen molar-refractivity contribution in [2.75, 3.05) is 11.9 Å². The van der Waals surface area contributed by atoms with Crippen molar-refractivity contribution < 1.29 is 23.9 Å². The zero-order valence-corrected chi connectivity index (χ0v) is 14.6. The van der Waals surface area contributed by atoms with Gasteiger partial charge < -0.3 is 15.3 Å². The Hall–Kier alpha value is -2.44. The van der Waals surface area contributed by atoms with E-state index in [4.69, 9.17) is 0 Å². The van der Waals surface area contributed by atoms with Gasteiger partial charge in [-0.05, 0) is 43.9 Å². The Morgan fingerprint density at radius 2 is 2.04 bits per heavy atom. The molecule has 0 radical (unpaired) electrons. The molecule has 1 unspecified atom stereocenters. The predicted molar refractivity (Wildman–Crippen MR) is 90.8 cm³/mol. The zero-order valence-electron chi connectivity index (χ0n) is 14.6. The van der Waals surface area contributed by atoms with Crippen LogP contribution in [-0.4, -0.2) is 39.9 Å². The highest BCUT2D eigenvalue weighted by atomic mass is 19.1. The van der Waals surface area contributed by atoms with E-state index in [2.05, 4.69) is 5.32 Å². The number of carbonyl (C=O) groups excluding carboxylic acids is 2. The molecule has 1 saturated heterocycles. The number of rotatable bonds is 5. The van der Waals surface area contributed by atoms with Crippen LogP contribution in [0.4, 0.5) is 10.1 Å². The van der Waals surface area contributed by atoms with E-state index in [0.29, 0.717) is 19.4 Å². The van der Waals surface area contributed by atoms with Crippen molar-refractivity contribution in [1.82, 2.24) is 4.90 Å². The maximum atomic E-state index is 14.2. The van der Waals surface area contributed by atoms with E-state index < -0.39 is 23.2 Å². The van der Waals surface area contributed by atoms with Crippen LogP contribution in [0.2, 0.25) is 0 Å². The maximum absolute atomic E-state index is 14.2. The number of hydrogen-bond donors (Lipinski definition) is 2. The first-order valence-corrected chi connectivity index (χ1v) is 8.30. The quantitative estimate of drug-likeness (QED) is 0.855. The van der Waals surface area contributed by atoms with Crippen molar-refractivity contribution in [2.24, 2.45) is 5.92 Å². The maximum Gasteiger partial charge on any atom is 0.329 e. The first-order valence-electron chi connectivity index (χ1n) is 8.30. The van der Waals surface area contributed by atoms with Gasteiger partial charge in [0, 0.05) is 18.5 Å². The van der Waals surface area contributed by atoms with Gasteiger partial charge in [0.15, 0.2) is 0 Å². The molecule has 136 valence electrons. The number of carbonyl (C=O) groups is 3. The molecule has 1 atom stereocenters. The molecule has 1 heterocycles. The molecule has 1 aromatic rings. The monoisotopic (exact) mass is 350 g/mol. The van der Waals surface area contributed by atoms with Gasteiger partial charge in [0.05, 0.1) is 5.69 Å². The molecule has 1 fully saturated rings. The van der Waals surface area contributed by atoms with E-state index in [1.54, 1.807) is 0 Å². The van der Waals surface area contributed by atoms with Gasteiger partial charge in [-0.3, -0.25) is 9.59 Å². The van der Waals surface area contributed by atoms with Crippen molar-refractivity contribution in [1.29, 1.82) is 0 Å². The van der Waals surface area contributed by atoms with Crippen molar-refractivity contribution in [3.05, 3.63) is 29.6 Å². The Bertz CT molecular complexity index is 704. The summed E-state index contributed by atoms with van der Waals surface area (Å²) >= 11 is 0. The highest BCUT2D eigenvalue weighted by Gasteiger charge is 2.46. The van der Waals surface area contributed by atoms with Gasteiger partial charge in [-0.25, -0.2) is 9.18 Å². The van der Waals surface area contributed by atoms with Crippen LogP contribution in [0.3, 0.4) is 0 Å². The van der Waals surface area contributed by atoms with Gasteiger partial charge in [-0.1, -0.05) is 13.8 Å². The largest absolute Gasteiger partial charge is 0.480 e. The third kappa shape index (κ3) is 3.97. The summed E-state index contributed by atoms with van der Waals surface area (Å²) in [6.45, 7) is 5.58. The average Bonchev–Trinajstić information content (AvgIpc) is 2.91. The van der Waals surface area contributed by atoms with E-state index in [9.17, 15) is 23.9 Å². The molecule has 0 aromatic heterocycles. The van der Waals surface area contributed by atoms with Gasteiger partial charge >= 0.3 is 5.97 Å². The third-order valence-corrected chi connectivity index (χ3v) is 4.43. The van der Waals surface area contributed by atoms with Crippen LogP contribution in [-0.2, 0) is 9.59 Å².